The van der Waals surface area contributed by atoms with E-state index >= 15 is 0 Å². The first-order chi connectivity index (χ1) is 11.0. The lowest BCUT2D eigenvalue weighted by atomic mass is 9.95. The molecular weight excluding hydrogens is 314 g/mol. The molecule has 1 aliphatic rings. The minimum Gasteiger partial charge on any atom is -0.359 e. The van der Waals surface area contributed by atoms with Gasteiger partial charge in [-0.05, 0) is 18.8 Å². The number of aromatic nitrogens is 1. The number of carbonyl (C=O) groups is 1. The van der Waals surface area contributed by atoms with E-state index in [4.69, 9.17) is 4.52 Å². The SMILES string of the molecule is CC[S@@](=O)[C@@H]1CCCC[C@@H]1NC(=O)NCc1cc(C(C)C)no1. The third-order valence-electron chi connectivity index (χ3n) is 4.23. The van der Waals surface area contributed by atoms with Gasteiger partial charge in [-0.1, -0.05) is 38.8 Å². The smallest absolute Gasteiger partial charge is 0.315 e. The standard InChI is InChI=1S/C16H27N3O3S/c1-4-23(21)15-8-6-5-7-13(15)18-16(20)17-10-12-9-14(11(2)3)19-22-12/h9,11,13,15H,4-8,10H2,1-3H3,(H2,17,18,20)/t13-,15+,23+/m0/s1. The van der Waals surface area contributed by atoms with Crippen molar-refractivity contribution < 1.29 is 13.5 Å². The van der Waals surface area contributed by atoms with Crippen LogP contribution in [0, 0.1) is 0 Å². The van der Waals surface area contributed by atoms with Gasteiger partial charge in [0, 0.05) is 28.7 Å². The Bertz CT molecular complexity index is 544. The van der Waals surface area contributed by atoms with Crippen molar-refractivity contribution in [3.8, 4) is 0 Å². The van der Waals surface area contributed by atoms with Crippen LogP contribution >= 0.6 is 0 Å². The summed E-state index contributed by atoms with van der Waals surface area (Å²) < 4.78 is 17.3. The Morgan fingerprint density at radius 3 is 2.83 bits per heavy atom. The topological polar surface area (TPSA) is 84.2 Å². The lowest BCUT2D eigenvalue weighted by Crippen LogP contribution is -2.50. The van der Waals surface area contributed by atoms with Gasteiger partial charge in [-0.2, -0.15) is 0 Å². The summed E-state index contributed by atoms with van der Waals surface area (Å²) in [6, 6.07) is 1.61. The summed E-state index contributed by atoms with van der Waals surface area (Å²) in [4.78, 5) is 12.1. The maximum atomic E-state index is 12.1. The zero-order valence-corrected chi connectivity index (χ0v) is 14.9. The van der Waals surface area contributed by atoms with Crippen LogP contribution < -0.4 is 10.6 Å². The van der Waals surface area contributed by atoms with Crippen LogP contribution in [0.15, 0.2) is 10.6 Å². The van der Waals surface area contributed by atoms with Crippen molar-refractivity contribution in [1.29, 1.82) is 0 Å². The molecule has 0 bridgehead atoms. The van der Waals surface area contributed by atoms with Gasteiger partial charge in [0.05, 0.1) is 17.5 Å². The van der Waals surface area contributed by atoms with Crippen LogP contribution in [0.3, 0.4) is 0 Å². The summed E-state index contributed by atoms with van der Waals surface area (Å²) in [7, 11) is -0.873. The van der Waals surface area contributed by atoms with Crippen LogP contribution in [0.1, 0.15) is 63.8 Å². The van der Waals surface area contributed by atoms with E-state index in [1.807, 2.05) is 26.8 Å². The number of rotatable bonds is 6. The predicted octanol–water partition coefficient (Wildman–Crippen LogP) is 2.68. The highest BCUT2D eigenvalue weighted by Crippen LogP contribution is 2.23. The number of carbonyl (C=O) groups excluding carboxylic acids is 1. The number of nitrogens with one attached hydrogen (secondary N) is 2. The van der Waals surface area contributed by atoms with Crippen LogP contribution in [-0.2, 0) is 17.3 Å². The zero-order chi connectivity index (χ0) is 16.8. The summed E-state index contributed by atoms with van der Waals surface area (Å²) >= 11 is 0. The number of nitrogens with zero attached hydrogens (tertiary/aromatic N) is 1. The molecule has 6 nitrogen and oxygen atoms in total. The van der Waals surface area contributed by atoms with E-state index in [1.54, 1.807) is 0 Å². The van der Waals surface area contributed by atoms with Crippen LogP contribution in [0.4, 0.5) is 4.79 Å². The van der Waals surface area contributed by atoms with E-state index in [0.29, 0.717) is 24.0 Å². The van der Waals surface area contributed by atoms with Gasteiger partial charge in [0.25, 0.3) is 0 Å². The van der Waals surface area contributed by atoms with Gasteiger partial charge in [-0.25, -0.2) is 4.79 Å². The number of amides is 2. The quantitative estimate of drug-likeness (QED) is 0.833. The van der Waals surface area contributed by atoms with Crippen LogP contribution in [0.2, 0.25) is 0 Å². The number of hydrogen-bond donors (Lipinski definition) is 2. The fourth-order valence-corrected chi connectivity index (χ4v) is 4.29. The van der Waals surface area contributed by atoms with E-state index in [9.17, 15) is 9.00 Å². The molecule has 1 aromatic rings. The average Bonchev–Trinajstić information content (AvgIpc) is 3.02. The van der Waals surface area contributed by atoms with Crippen molar-refractivity contribution in [2.45, 2.75) is 70.2 Å². The minimum absolute atomic E-state index is 0.00881. The molecule has 0 aliphatic heterocycles. The zero-order valence-electron chi connectivity index (χ0n) is 14.1. The van der Waals surface area contributed by atoms with Gasteiger partial charge >= 0.3 is 6.03 Å². The highest BCUT2D eigenvalue weighted by molar-refractivity contribution is 7.85. The predicted molar refractivity (Wildman–Crippen MR) is 90.7 cm³/mol. The molecule has 23 heavy (non-hydrogen) atoms. The number of hydrogen-bond acceptors (Lipinski definition) is 4. The van der Waals surface area contributed by atoms with E-state index in [-0.39, 0.29) is 17.3 Å². The fraction of sp³-hybridized carbons (Fsp3) is 0.750. The lowest BCUT2D eigenvalue weighted by molar-refractivity contribution is 0.231. The molecule has 2 amide bonds. The Hall–Kier alpha value is -1.37. The first-order valence-electron chi connectivity index (χ1n) is 8.38. The average molecular weight is 341 g/mol. The summed E-state index contributed by atoms with van der Waals surface area (Å²) in [5.74, 6) is 1.58. The normalized spacial score (nSPS) is 22.8. The largest absolute Gasteiger partial charge is 0.359 e. The molecule has 1 heterocycles. The second-order valence-corrected chi connectivity index (χ2v) is 8.24. The Labute approximate surface area is 140 Å². The summed E-state index contributed by atoms with van der Waals surface area (Å²) in [5.41, 5.74) is 0.882. The van der Waals surface area contributed by atoms with Gasteiger partial charge in [-0.3, -0.25) is 4.21 Å². The second kappa shape index (κ2) is 8.47. The first kappa shape index (κ1) is 18.0. The summed E-state index contributed by atoms with van der Waals surface area (Å²) in [6.45, 7) is 6.32. The van der Waals surface area contributed by atoms with Gasteiger partial charge in [0.1, 0.15) is 0 Å². The molecule has 3 atom stereocenters. The third kappa shape index (κ3) is 5.06. The summed E-state index contributed by atoms with van der Waals surface area (Å²) in [6.07, 6.45) is 3.98. The van der Waals surface area contributed by atoms with Crippen molar-refractivity contribution in [2.75, 3.05) is 5.75 Å². The molecule has 1 aliphatic carbocycles. The second-order valence-electron chi connectivity index (χ2n) is 6.30. The van der Waals surface area contributed by atoms with Crippen LogP contribution in [0.25, 0.3) is 0 Å². The third-order valence-corrected chi connectivity index (χ3v) is 6.04. The van der Waals surface area contributed by atoms with Crippen molar-refractivity contribution in [1.82, 2.24) is 15.8 Å². The molecule has 1 aromatic heterocycles. The van der Waals surface area contributed by atoms with Crippen molar-refractivity contribution >= 4 is 16.8 Å². The van der Waals surface area contributed by atoms with Gasteiger partial charge in [-0.15, -0.1) is 0 Å². The Kier molecular flexibility index (Phi) is 6.62. The molecule has 130 valence electrons. The van der Waals surface area contributed by atoms with E-state index in [0.717, 1.165) is 31.4 Å². The molecule has 1 saturated carbocycles. The molecule has 2 rings (SSSR count). The van der Waals surface area contributed by atoms with Crippen molar-refractivity contribution in [3.63, 3.8) is 0 Å². The van der Waals surface area contributed by atoms with Crippen LogP contribution in [0.5, 0.6) is 0 Å². The van der Waals surface area contributed by atoms with Crippen LogP contribution in [-0.4, -0.2) is 32.4 Å². The van der Waals surface area contributed by atoms with Gasteiger partial charge < -0.3 is 15.2 Å². The molecular formula is C16H27N3O3S. The number of urea groups is 1. The van der Waals surface area contributed by atoms with Crippen molar-refractivity contribution in [3.05, 3.63) is 17.5 Å². The Morgan fingerprint density at radius 1 is 1.43 bits per heavy atom. The fourth-order valence-electron chi connectivity index (χ4n) is 2.86. The molecule has 7 heteroatoms. The van der Waals surface area contributed by atoms with E-state index < -0.39 is 10.8 Å². The molecule has 2 N–H and O–H groups in total. The van der Waals surface area contributed by atoms with E-state index in [2.05, 4.69) is 15.8 Å². The minimum atomic E-state index is -0.873. The molecule has 0 unspecified atom stereocenters. The Morgan fingerprint density at radius 2 is 2.17 bits per heavy atom. The molecule has 0 saturated heterocycles. The molecule has 0 aromatic carbocycles. The van der Waals surface area contributed by atoms with Gasteiger partial charge in [0.2, 0.25) is 0 Å². The molecule has 1 fully saturated rings. The highest BCUT2D eigenvalue weighted by Gasteiger charge is 2.30. The monoisotopic (exact) mass is 341 g/mol. The highest BCUT2D eigenvalue weighted by atomic mass is 32.2. The summed E-state index contributed by atoms with van der Waals surface area (Å²) in [5, 5.41) is 9.81. The van der Waals surface area contributed by atoms with E-state index in [1.165, 1.54) is 0 Å². The maximum absolute atomic E-state index is 12.1. The Balaban J connectivity index is 1.84. The molecule has 0 radical (unpaired) electrons. The maximum Gasteiger partial charge on any atom is 0.315 e. The van der Waals surface area contributed by atoms with Gasteiger partial charge in [0.15, 0.2) is 5.76 Å². The van der Waals surface area contributed by atoms with Crippen molar-refractivity contribution in [2.24, 2.45) is 0 Å². The lowest BCUT2D eigenvalue weighted by Gasteiger charge is -2.31. The first-order valence-corrected chi connectivity index (χ1v) is 9.76. The molecule has 0 spiro atoms.